The van der Waals surface area contributed by atoms with Gasteiger partial charge >= 0.3 is 6.09 Å². The summed E-state index contributed by atoms with van der Waals surface area (Å²) in [6.45, 7) is 4.74. The van der Waals surface area contributed by atoms with Gasteiger partial charge in [0.2, 0.25) is 0 Å². The lowest BCUT2D eigenvalue weighted by atomic mass is 10.1. The molecule has 0 bridgehead atoms. The van der Waals surface area contributed by atoms with E-state index in [2.05, 4.69) is 57.7 Å². The Bertz CT molecular complexity index is 1360. The average Bonchev–Trinajstić information content (AvgIpc) is 3.21. The summed E-state index contributed by atoms with van der Waals surface area (Å²) in [4.78, 5) is 24.9. The minimum atomic E-state index is -0.828. The number of para-hydroxylation sites is 1. The highest BCUT2D eigenvalue weighted by Crippen LogP contribution is 2.21. The van der Waals surface area contributed by atoms with Crippen LogP contribution < -0.4 is 10.7 Å². The van der Waals surface area contributed by atoms with Crippen molar-refractivity contribution in [2.45, 2.75) is 32.9 Å². The first-order valence-corrected chi connectivity index (χ1v) is 12.0. The summed E-state index contributed by atoms with van der Waals surface area (Å²) >= 11 is 0. The van der Waals surface area contributed by atoms with Crippen LogP contribution in [0.1, 0.15) is 29.2 Å². The third-order valence-electron chi connectivity index (χ3n) is 5.80. The summed E-state index contributed by atoms with van der Waals surface area (Å²) in [5.41, 5.74) is 7.89. The van der Waals surface area contributed by atoms with Gasteiger partial charge in [-0.05, 0) is 31.0 Å². The zero-order valence-electron chi connectivity index (χ0n) is 20.5. The lowest BCUT2D eigenvalue weighted by Crippen LogP contribution is -2.47. The highest BCUT2D eigenvalue weighted by molar-refractivity contribution is 6.00. The summed E-state index contributed by atoms with van der Waals surface area (Å²) in [5.74, 6) is -0.424. The number of fused-ring (bicyclic) bond motifs is 1. The molecule has 36 heavy (non-hydrogen) atoms. The summed E-state index contributed by atoms with van der Waals surface area (Å²) in [6, 6.07) is 25.2. The summed E-state index contributed by atoms with van der Waals surface area (Å²) in [7, 11) is 0. The second-order valence-electron chi connectivity index (χ2n) is 8.56. The number of alkyl carbamates (subject to hydrolysis) is 1. The van der Waals surface area contributed by atoms with Crippen LogP contribution in [0.3, 0.4) is 0 Å². The molecule has 0 aliphatic heterocycles. The number of amides is 2. The van der Waals surface area contributed by atoms with E-state index in [1.165, 1.54) is 11.1 Å². The molecule has 0 fully saturated rings. The Labute approximate surface area is 210 Å². The number of hydrogen-bond donors (Lipinski definition) is 2. The molecule has 4 aromatic rings. The Morgan fingerprint density at radius 1 is 1.00 bits per heavy atom. The van der Waals surface area contributed by atoms with Crippen molar-refractivity contribution in [3.63, 3.8) is 0 Å². The maximum atomic E-state index is 12.9. The Morgan fingerprint density at radius 3 is 2.53 bits per heavy atom. The molecule has 7 nitrogen and oxygen atoms in total. The fourth-order valence-electron chi connectivity index (χ4n) is 4.13. The first kappa shape index (κ1) is 24.7. The molecule has 4 rings (SSSR count). The summed E-state index contributed by atoms with van der Waals surface area (Å²) in [6.07, 6.45) is 3.34. The maximum Gasteiger partial charge on any atom is 0.407 e. The van der Waals surface area contributed by atoms with Gasteiger partial charge in [-0.2, -0.15) is 5.10 Å². The van der Waals surface area contributed by atoms with Gasteiger partial charge in [0, 0.05) is 35.6 Å². The molecule has 7 heteroatoms. The SMILES string of the molecule is CCOC(=O)N[C@@H](Cc1ccccc1)C(=O)N/N=C\c1cn(Cc2cccc(C)c2)c2ccccc12. The van der Waals surface area contributed by atoms with Crippen molar-refractivity contribution in [1.29, 1.82) is 0 Å². The maximum absolute atomic E-state index is 12.9. The van der Waals surface area contributed by atoms with Crippen molar-refractivity contribution >= 4 is 29.1 Å². The lowest BCUT2D eigenvalue weighted by Gasteiger charge is -2.16. The fraction of sp³-hybridized carbons (Fsp3) is 0.207. The molecule has 184 valence electrons. The molecule has 3 aromatic carbocycles. The summed E-state index contributed by atoms with van der Waals surface area (Å²) < 4.78 is 7.14. The molecule has 0 unspecified atom stereocenters. The number of hydrazone groups is 1. The highest BCUT2D eigenvalue weighted by Gasteiger charge is 2.21. The van der Waals surface area contributed by atoms with Gasteiger partial charge in [-0.1, -0.05) is 78.4 Å². The van der Waals surface area contributed by atoms with Crippen LogP contribution in [-0.4, -0.2) is 35.4 Å². The van der Waals surface area contributed by atoms with Gasteiger partial charge in [-0.15, -0.1) is 0 Å². The highest BCUT2D eigenvalue weighted by atomic mass is 16.5. The van der Waals surface area contributed by atoms with Gasteiger partial charge in [-0.25, -0.2) is 10.2 Å². The molecule has 1 heterocycles. The van der Waals surface area contributed by atoms with Crippen LogP contribution in [0.4, 0.5) is 4.79 Å². The Balaban J connectivity index is 1.50. The third-order valence-corrected chi connectivity index (χ3v) is 5.80. The largest absolute Gasteiger partial charge is 0.450 e. The first-order chi connectivity index (χ1) is 17.5. The molecule has 0 aliphatic carbocycles. The number of hydrogen-bond acceptors (Lipinski definition) is 4. The first-order valence-electron chi connectivity index (χ1n) is 12.0. The smallest absolute Gasteiger partial charge is 0.407 e. The van der Waals surface area contributed by atoms with E-state index in [1.54, 1.807) is 13.1 Å². The molecule has 2 amide bonds. The molecule has 2 N–H and O–H groups in total. The van der Waals surface area contributed by atoms with Gasteiger partial charge in [0.25, 0.3) is 5.91 Å². The second-order valence-corrected chi connectivity index (χ2v) is 8.56. The molecule has 1 atom stereocenters. The van der Waals surface area contributed by atoms with E-state index in [9.17, 15) is 9.59 Å². The van der Waals surface area contributed by atoms with Gasteiger partial charge in [-0.3, -0.25) is 4.79 Å². The normalized spacial score (nSPS) is 11.9. The second kappa shape index (κ2) is 11.8. The lowest BCUT2D eigenvalue weighted by molar-refractivity contribution is -0.123. The van der Waals surface area contributed by atoms with Crippen LogP contribution in [0.25, 0.3) is 10.9 Å². The summed E-state index contributed by atoms with van der Waals surface area (Å²) in [5, 5.41) is 7.88. The number of benzene rings is 3. The van der Waals surface area contributed by atoms with E-state index < -0.39 is 18.0 Å². The minimum Gasteiger partial charge on any atom is -0.450 e. The van der Waals surface area contributed by atoms with Crippen LogP contribution in [0.5, 0.6) is 0 Å². The Morgan fingerprint density at radius 2 is 1.75 bits per heavy atom. The molecule has 0 radical (unpaired) electrons. The van der Waals surface area contributed by atoms with Crippen molar-refractivity contribution in [2.75, 3.05) is 6.61 Å². The Hall–Kier alpha value is -4.39. The van der Waals surface area contributed by atoms with Crippen LogP contribution in [0, 0.1) is 6.92 Å². The number of aromatic nitrogens is 1. The van der Waals surface area contributed by atoms with E-state index in [1.807, 2.05) is 54.7 Å². The van der Waals surface area contributed by atoms with Crippen LogP contribution in [0.15, 0.2) is 90.2 Å². The van der Waals surface area contributed by atoms with E-state index >= 15 is 0 Å². The van der Waals surface area contributed by atoms with Crippen molar-refractivity contribution in [1.82, 2.24) is 15.3 Å². The van der Waals surface area contributed by atoms with Gasteiger partial charge in [0.15, 0.2) is 0 Å². The van der Waals surface area contributed by atoms with E-state index in [0.717, 1.165) is 28.6 Å². The monoisotopic (exact) mass is 482 g/mol. The topological polar surface area (TPSA) is 84.7 Å². The quantitative estimate of drug-likeness (QED) is 0.265. The van der Waals surface area contributed by atoms with Crippen molar-refractivity contribution in [3.05, 3.63) is 107 Å². The van der Waals surface area contributed by atoms with Crippen molar-refractivity contribution in [3.8, 4) is 0 Å². The third kappa shape index (κ3) is 6.39. The molecular formula is C29H30N4O3. The number of nitrogens with zero attached hydrogens (tertiary/aromatic N) is 2. The molecule has 0 spiro atoms. The Kier molecular flexibility index (Phi) is 8.13. The van der Waals surface area contributed by atoms with Crippen LogP contribution in [-0.2, 0) is 22.5 Å². The number of carbonyl (C=O) groups excluding carboxylic acids is 2. The number of carbonyl (C=O) groups is 2. The van der Waals surface area contributed by atoms with Crippen LogP contribution in [0.2, 0.25) is 0 Å². The predicted molar refractivity (Wildman–Crippen MR) is 142 cm³/mol. The molecular weight excluding hydrogens is 452 g/mol. The van der Waals surface area contributed by atoms with E-state index in [-0.39, 0.29) is 6.61 Å². The van der Waals surface area contributed by atoms with Crippen molar-refractivity contribution < 1.29 is 14.3 Å². The average molecular weight is 483 g/mol. The van der Waals surface area contributed by atoms with E-state index in [4.69, 9.17) is 4.74 Å². The molecule has 0 saturated carbocycles. The fourth-order valence-corrected chi connectivity index (χ4v) is 4.13. The zero-order valence-corrected chi connectivity index (χ0v) is 20.5. The molecule has 0 saturated heterocycles. The zero-order chi connectivity index (χ0) is 25.3. The van der Waals surface area contributed by atoms with Gasteiger partial charge in [0.1, 0.15) is 6.04 Å². The predicted octanol–water partition coefficient (Wildman–Crippen LogP) is 4.81. The molecule has 0 aliphatic rings. The molecule has 1 aromatic heterocycles. The number of nitrogens with one attached hydrogen (secondary N) is 2. The number of rotatable bonds is 9. The van der Waals surface area contributed by atoms with Crippen molar-refractivity contribution in [2.24, 2.45) is 5.10 Å². The number of ether oxygens (including phenoxy) is 1. The van der Waals surface area contributed by atoms with Crippen LogP contribution >= 0.6 is 0 Å². The van der Waals surface area contributed by atoms with Gasteiger partial charge in [0.05, 0.1) is 12.8 Å². The van der Waals surface area contributed by atoms with E-state index in [0.29, 0.717) is 6.42 Å². The number of aryl methyl sites for hydroxylation is 1. The minimum absolute atomic E-state index is 0.219. The van der Waals surface area contributed by atoms with Gasteiger partial charge < -0.3 is 14.6 Å². The standard InChI is InChI=1S/C29H30N4O3/c1-3-36-29(35)31-26(17-22-11-5-4-6-12-22)28(34)32-30-18-24-20-33(27-15-8-7-14-25(24)27)19-23-13-9-10-21(2)16-23/h4-16,18,20,26H,3,17,19H2,1-2H3,(H,31,35)(H,32,34)/b30-18-/t26-/m0/s1.